The molecule has 7 heteroatoms. The third-order valence-corrected chi connectivity index (χ3v) is 5.65. The third kappa shape index (κ3) is 3.63. The number of aliphatic carboxylic acids is 1. The summed E-state index contributed by atoms with van der Waals surface area (Å²) in [4.78, 5) is 38.0. The second-order valence-electron chi connectivity index (χ2n) is 7.37. The van der Waals surface area contributed by atoms with E-state index in [1.165, 1.54) is 0 Å². The van der Waals surface area contributed by atoms with Crippen LogP contribution in [0.15, 0.2) is 42.5 Å². The van der Waals surface area contributed by atoms with Crippen LogP contribution < -0.4 is 4.74 Å². The van der Waals surface area contributed by atoms with Crippen molar-refractivity contribution in [1.29, 1.82) is 0 Å². The van der Waals surface area contributed by atoms with Crippen molar-refractivity contribution in [3.63, 3.8) is 0 Å². The van der Waals surface area contributed by atoms with Crippen LogP contribution in [0.2, 0.25) is 0 Å². The van der Waals surface area contributed by atoms with Gasteiger partial charge in [-0.1, -0.05) is 37.3 Å². The maximum absolute atomic E-state index is 12.7. The van der Waals surface area contributed by atoms with Crippen molar-refractivity contribution in [1.82, 2.24) is 4.90 Å². The largest absolute Gasteiger partial charge is 0.489 e. The summed E-state index contributed by atoms with van der Waals surface area (Å²) in [5.74, 6) is -1.09. The van der Waals surface area contributed by atoms with E-state index < -0.39 is 17.6 Å². The van der Waals surface area contributed by atoms with Crippen molar-refractivity contribution in [2.45, 2.75) is 45.3 Å². The number of benzene rings is 2. The first-order valence-electron chi connectivity index (χ1n) is 9.90. The Morgan fingerprint density at radius 1 is 1.10 bits per heavy atom. The van der Waals surface area contributed by atoms with Gasteiger partial charge in [-0.05, 0) is 43.0 Å². The van der Waals surface area contributed by atoms with Gasteiger partial charge < -0.3 is 14.9 Å². The number of nitrogens with zero attached hydrogens (tertiary/aromatic N) is 1. The monoisotopic (exact) mass is 411 g/mol. The number of carbonyl (C=O) groups excluding carboxylic acids is 1. The number of ketones is 1. The highest BCUT2D eigenvalue weighted by Gasteiger charge is 2.54. The summed E-state index contributed by atoms with van der Waals surface area (Å²) in [7, 11) is 0. The van der Waals surface area contributed by atoms with Crippen LogP contribution >= 0.6 is 0 Å². The molecule has 158 valence electrons. The van der Waals surface area contributed by atoms with Gasteiger partial charge in [0.15, 0.2) is 11.3 Å². The van der Waals surface area contributed by atoms with Crippen LogP contribution in [-0.4, -0.2) is 39.5 Å². The number of rotatable bonds is 7. The van der Waals surface area contributed by atoms with Crippen LogP contribution in [0.25, 0.3) is 0 Å². The Hall–Kier alpha value is -3.35. The topological polar surface area (TPSA) is 104 Å². The number of carboxylic acids is 1. The quantitative estimate of drug-likeness (QED) is 0.661. The van der Waals surface area contributed by atoms with Crippen molar-refractivity contribution in [2.75, 3.05) is 6.54 Å². The molecule has 2 aromatic rings. The van der Waals surface area contributed by atoms with Crippen molar-refractivity contribution in [3.8, 4) is 5.75 Å². The zero-order chi connectivity index (χ0) is 21.9. The molecule has 0 aliphatic carbocycles. The molecule has 0 radical (unpaired) electrons. The van der Waals surface area contributed by atoms with Gasteiger partial charge >= 0.3 is 12.1 Å². The number of likely N-dealkylation sites (tertiary alicyclic amines) is 1. The lowest BCUT2D eigenvalue weighted by Crippen LogP contribution is -2.51. The molecule has 2 N–H and O–H groups in total. The first kappa shape index (κ1) is 21.4. The molecule has 0 spiro atoms. The molecule has 30 heavy (non-hydrogen) atoms. The molecular formula is C23H25NO6. The van der Waals surface area contributed by atoms with E-state index in [1.54, 1.807) is 26.0 Å². The van der Waals surface area contributed by atoms with E-state index >= 15 is 0 Å². The minimum absolute atomic E-state index is 0.0932. The number of hydrogen-bond acceptors (Lipinski definition) is 4. The number of carboxylic acid groups (broad SMARTS) is 2. The smallest absolute Gasteiger partial charge is 0.408 e. The molecule has 0 aromatic heterocycles. The Bertz CT molecular complexity index is 971. The highest BCUT2D eigenvalue weighted by Crippen LogP contribution is 2.45. The predicted molar refractivity (Wildman–Crippen MR) is 110 cm³/mol. The van der Waals surface area contributed by atoms with E-state index in [0.717, 1.165) is 10.5 Å². The van der Waals surface area contributed by atoms with Crippen LogP contribution in [0.5, 0.6) is 5.75 Å². The molecule has 1 aliphatic heterocycles. The average molecular weight is 411 g/mol. The van der Waals surface area contributed by atoms with E-state index in [0.29, 0.717) is 17.7 Å². The fourth-order valence-corrected chi connectivity index (χ4v) is 4.21. The summed E-state index contributed by atoms with van der Waals surface area (Å²) in [5, 5.41) is 19.9. The first-order chi connectivity index (χ1) is 14.3. The molecule has 0 unspecified atom stereocenters. The Labute approximate surface area is 174 Å². The van der Waals surface area contributed by atoms with Crippen LogP contribution in [0.4, 0.5) is 4.79 Å². The van der Waals surface area contributed by atoms with Crippen molar-refractivity contribution >= 4 is 17.8 Å². The van der Waals surface area contributed by atoms with Crippen molar-refractivity contribution in [2.24, 2.45) is 0 Å². The first-order valence-corrected chi connectivity index (χ1v) is 9.90. The van der Waals surface area contributed by atoms with Crippen molar-refractivity contribution in [3.05, 3.63) is 64.7 Å². The SMILES string of the molecule is CCC(=O)c1ccc(OCc2ccccc2)c(C)c1[C@]1(C(=O)O)CCCN1C(=O)O. The molecule has 1 atom stereocenters. The number of carbonyl (C=O) groups is 3. The molecule has 1 fully saturated rings. The average Bonchev–Trinajstić information content (AvgIpc) is 3.19. The molecule has 1 amide bonds. The lowest BCUT2D eigenvalue weighted by atomic mass is 9.79. The van der Waals surface area contributed by atoms with Gasteiger partial charge in [-0.2, -0.15) is 0 Å². The van der Waals surface area contributed by atoms with Gasteiger partial charge in [0.25, 0.3) is 0 Å². The Morgan fingerprint density at radius 2 is 1.80 bits per heavy atom. The summed E-state index contributed by atoms with van der Waals surface area (Å²) in [6.07, 6.45) is -0.645. The van der Waals surface area contributed by atoms with Gasteiger partial charge in [-0.15, -0.1) is 0 Å². The van der Waals surface area contributed by atoms with Gasteiger partial charge in [0, 0.05) is 24.1 Å². The zero-order valence-electron chi connectivity index (χ0n) is 17.1. The van der Waals surface area contributed by atoms with Gasteiger partial charge in [-0.3, -0.25) is 9.69 Å². The third-order valence-electron chi connectivity index (χ3n) is 5.65. The van der Waals surface area contributed by atoms with E-state index in [-0.39, 0.29) is 42.9 Å². The van der Waals surface area contributed by atoms with Crippen LogP contribution in [0.3, 0.4) is 0 Å². The Balaban J connectivity index is 2.15. The molecule has 2 aromatic carbocycles. The molecule has 0 bridgehead atoms. The van der Waals surface area contributed by atoms with E-state index in [9.17, 15) is 24.6 Å². The fourth-order valence-electron chi connectivity index (χ4n) is 4.21. The predicted octanol–water partition coefficient (Wildman–Crippen LogP) is 4.22. The van der Waals surface area contributed by atoms with Crippen LogP contribution in [0, 0.1) is 6.92 Å². The highest BCUT2D eigenvalue weighted by atomic mass is 16.5. The van der Waals surface area contributed by atoms with Crippen LogP contribution in [-0.2, 0) is 16.9 Å². The van der Waals surface area contributed by atoms with Gasteiger partial charge in [0.2, 0.25) is 0 Å². The highest BCUT2D eigenvalue weighted by molar-refractivity contribution is 6.01. The molecular weight excluding hydrogens is 386 g/mol. The van der Waals surface area contributed by atoms with E-state index in [1.807, 2.05) is 30.3 Å². The minimum Gasteiger partial charge on any atom is -0.489 e. The van der Waals surface area contributed by atoms with Gasteiger partial charge in [-0.25, -0.2) is 9.59 Å². The normalized spacial score (nSPS) is 18.3. The molecule has 1 heterocycles. The summed E-state index contributed by atoms with van der Waals surface area (Å²) in [6.45, 7) is 3.74. The number of amides is 1. The second-order valence-corrected chi connectivity index (χ2v) is 7.37. The van der Waals surface area contributed by atoms with E-state index in [2.05, 4.69) is 0 Å². The standard InChI is InChI=1S/C23H25NO6/c1-3-18(25)17-10-11-19(30-14-16-8-5-4-6-9-16)15(2)20(17)23(21(26)27)12-7-13-24(23)22(28)29/h4-6,8-11H,3,7,12-14H2,1-2H3,(H,26,27)(H,28,29)/t23-/m0/s1. The molecule has 1 aliphatic rings. The maximum Gasteiger partial charge on any atom is 0.408 e. The Kier molecular flexibility index (Phi) is 6.10. The van der Waals surface area contributed by atoms with E-state index in [4.69, 9.17) is 4.74 Å². The lowest BCUT2D eigenvalue weighted by Gasteiger charge is -2.36. The molecule has 1 saturated heterocycles. The lowest BCUT2D eigenvalue weighted by molar-refractivity contribution is -0.149. The number of ether oxygens (including phenoxy) is 1. The number of Topliss-reactive ketones (excluding diaryl/α,β-unsaturated/α-hetero) is 1. The zero-order valence-corrected chi connectivity index (χ0v) is 17.1. The van der Waals surface area contributed by atoms with Crippen LogP contribution in [0.1, 0.15) is 53.2 Å². The molecule has 0 saturated carbocycles. The summed E-state index contributed by atoms with van der Waals surface area (Å²) < 4.78 is 5.94. The summed E-state index contributed by atoms with van der Waals surface area (Å²) in [6, 6.07) is 12.7. The maximum atomic E-state index is 12.7. The number of hydrogen-bond donors (Lipinski definition) is 2. The molecule has 7 nitrogen and oxygen atoms in total. The van der Waals surface area contributed by atoms with Gasteiger partial charge in [0.05, 0.1) is 0 Å². The Morgan fingerprint density at radius 3 is 2.40 bits per heavy atom. The second kappa shape index (κ2) is 8.57. The minimum atomic E-state index is -1.82. The van der Waals surface area contributed by atoms with Crippen molar-refractivity contribution < 1.29 is 29.3 Å². The fraction of sp³-hybridized carbons (Fsp3) is 0.348. The van der Waals surface area contributed by atoms with Gasteiger partial charge in [0.1, 0.15) is 12.4 Å². The summed E-state index contributed by atoms with van der Waals surface area (Å²) >= 11 is 0. The molecule has 3 rings (SSSR count). The summed E-state index contributed by atoms with van der Waals surface area (Å²) in [5.41, 5.74) is 0.0428.